The number of hydrogen-bond donors (Lipinski definition) is 2. The van der Waals surface area contributed by atoms with E-state index in [9.17, 15) is 4.79 Å². The molecule has 5 heteroatoms. The van der Waals surface area contributed by atoms with Crippen LogP contribution in [0.4, 0.5) is 5.95 Å². The van der Waals surface area contributed by atoms with Crippen LogP contribution >= 0.6 is 0 Å². The van der Waals surface area contributed by atoms with Gasteiger partial charge in [-0.1, -0.05) is 12.1 Å². The van der Waals surface area contributed by atoms with Gasteiger partial charge in [0, 0.05) is 12.0 Å². The molecule has 0 atom stereocenters. The molecule has 4 saturated carbocycles. The maximum absolute atomic E-state index is 13.5. The molecule has 0 saturated heterocycles. The number of aliphatic hydroxyl groups is 1. The molecule has 0 spiro atoms. The van der Waals surface area contributed by atoms with Gasteiger partial charge in [-0.25, -0.2) is 4.98 Å². The average molecular weight is 353 g/mol. The highest BCUT2D eigenvalue weighted by Crippen LogP contribution is 2.60. The molecule has 2 N–H and O–H groups in total. The molecule has 4 bridgehead atoms. The average Bonchev–Trinajstić information content (AvgIpc) is 2.96. The minimum Gasteiger partial charge on any atom is -0.395 e. The Labute approximate surface area is 153 Å². The topological polar surface area (TPSA) is 67.2 Å². The van der Waals surface area contributed by atoms with Crippen molar-refractivity contribution in [2.75, 3.05) is 18.5 Å². The number of hydrogen-bond acceptors (Lipinski definition) is 4. The van der Waals surface area contributed by atoms with Crippen molar-refractivity contribution >= 4 is 22.8 Å². The Morgan fingerprint density at radius 2 is 1.81 bits per heavy atom. The number of carbonyl (C=O) groups is 1. The summed E-state index contributed by atoms with van der Waals surface area (Å²) in [6, 6.07) is 7.96. The Bertz CT molecular complexity index is 806. The molecule has 0 aliphatic heterocycles. The molecule has 5 nitrogen and oxygen atoms in total. The molecular weight excluding hydrogens is 326 g/mol. The van der Waals surface area contributed by atoms with E-state index in [2.05, 4.69) is 10.3 Å². The highest BCUT2D eigenvalue weighted by Gasteiger charge is 2.54. The number of nitrogens with one attached hydrogen (secondary N) is 1. The van der Waals surface area contributed by atoms with Crippen molar-refractivity contribution in [3.63, 3.8) is 0 Å². The van der Waals surface area contributed by atoms with Crippen LogP contribution in [0.5, 0.6) is 0 Å². The lowest BCUT2D eigenvalue weighted by Gasteiger charge is -2.56. The number of anilines is 1. The number of fused-ring (bicyclic) bond motifs is 1. The Hall–Kier alpha value is -1.88. The van der Waals surface area contributed by atoms with Gasteiger partial charge >= 0.3 is 0 Å². The molecule has 4 fully saturated rings. The summed E-state index contributed by atoms with van der Waals surface area (Å²) in [7, 11) is 0. The Kier molecular flexibility index (Phi) is 3.82. The summed E-state index contributed by atoms with van der Waals surface area (Å²) in [5, 5.41) is 12.3. The minimum absolute atomic E-state index is 0.0477. The lowest BCUT2D eigenvalue weighted by Crippen LogP contribution is -2.50. The van der Waals surface area contributed by atoms with Gasteiger partial charge in [0.2, 0.25) is 5.95 Å². The van der Waals surface area contributed by atoms with Gasteiger partial charge in [-0.2, -0.15) is 0 Å². The lowest BCUT2D eigenvalue weighted by atomic mass is 9.48. The Balaban J connectivity index is 1.46. The van der Waals surface area contributed by atoms with Crippen molar-refractivity contribution < 1.29 is 9.90 Å². The van der Waals surface area contributed by atoms with Crippen molar-refractivity contribution in [3.05, 3.63) is 24.3 Å². The summed E-state index contributed by atoms with van der Waals surface area (Å²) in [5.41, 5.74) is 1.80. The second kappa shape index (κ2) is 6.08. The summed E-state index contributed by atoms with van der Waals surface area (Å²) in [5.74, 6) is 3.41. The number of imidazole rings is 1. The predicted molar refractivity (Wildman–Crippen MR) is 101 cm³/mol. The van der Waals surface area contributed by atoms with Gasteiger partial charge < -0.3 is 15.0 Å². The number of para-hydroxylation sites is 2. The van der Waals surface area contributed by atoms with Crippen molar-refractivity contribution in [1.82, 2.24) is 9.55 Å². The summed E-state index contributed by atoms with van der Waals surface area (Å²) in [4.78, 5) is 18.1. The van der Waals surface area contributed by atoms with E-state index in [-0.39, 0.29) is 12.0 Å². The van der Waals surface area contributed by atoms with Crippen LogP contribution < -0.4 is 5.32 Å². The summed E-state index contributed by atoms with van der Waals surface area (Å²) < 4.78 is 2.02. The fourth-order valence-electron chi connectivity index (χ4n) is 6.30. The van der Waals surface area contributed by atoms with E-state index in [4.69, 9.17) is 5.11 Å². The first-order chi connectivity index (χ1) is 12.7. The number of aliphatic hydroxyl groups excluding tert-OH is 1. The highest BCUT2D eigenvalue weighted by molar-refractivity contribution is 5.88. The molecule has 0 radical (unpaired) electrons. The quantitative estimate of drug-likeness (QED) is 0.837. The third kappa shape index (κ3) is 2.56. The van der Waals surface area contributed by atoms with Crippen LogP contribution in [0.1, 0.15) is 38.5 Å². The molecule has 1 aromatic carbocycles. The number of ketones is 1. The van der Waals surface area contributed by atoms with Crippen molar-refractivity contribution in [3.8, 4) is 0 Å². The first-order valence-electron chi connectivity index (χ1n) is 10.0. The zero-order valence-corrected chi connectivity index (χ0v) is 15.2. The molecule has 4 aliphatic rings. The first kappa shape index (κ1) is 16.3. The molecule has 1 aromatic heterocycles. The van der Waals surface area contributed by atoms with E-state index in [1.54, 1.807) is 0 Å². The standard InChI is InChI=1S/C21H27N3O2/c25-6-5-22-20-23-17-3-1-2-4-18(17)24(20)13-19(26)21-10-14-7-15(11-21)9-16(8-14)12-21/h1-4,14-16,25H,5-13H2,(H,22,23). The fraction of sp³-hybridized carbons (Fsp3) is 0.619. The molecule has 4 aliphatic carbocycles. The summed E-state index contributed by atoms with van der Waals surface area (Å²) >= 11 is 0. The number of benzene rings is 1. The van der Waals surface area contributed by atoms with E-state index in [0.29, 0.717) is 24.8 Å². The number of carbonyl (C=O) groups excluding carboxylic acids is 1. The van der Waals surface area contributed by atoms with Gasteiger partial charge in [0.25, 0.3) is 0 Å². The monoisotopic (exact) mass is 353 g/mol. The van der Waals surface area contributed by atoms with Gasteiger partial charge in [0.05, 0.1) is 24.2 Å². The molecule has 6 rings (SSSR count). The minimum atomic E-state index is -0.0889. The SMILES string of the molecule is O=C(Cn1c(NCCO)nc2ccccc21)C12CC3CC(CC(C3)C1)C2. The van der Waals surface area contributed by atoms with Crippen LogP contribution in [0.3, 0.4) is 0 Å². The normalized spacial score (nSPS) is 32.3. The summed E-state index contributed by atoms with van der Waals surface area (Å²) in [6.07, 6.45) is 7.36. The van der Waals surface area contributed by atoms with Crippen LogP contribution in [0, 0.1) is 23.2 Å². The third-order valence-electron chi connectivity index (χ3n) is 6.98. The van der Waals surface area contributed by atoms with Gasteiger partial charge in [-0.05, 0) is 68.4 Å². The van der Waals surface area contributed by atoms with Crippen LogP contribution in [0.25, 0.3) is 11.0 Å². The Morgan fingerprint density at radius 1 is 1.15 bits per heavy atom. The fourth-order valence-corrected chi connectivity index (χ4v) is 6.30. The number of nitrogens with zero attached hydrogens (tertiary/aromatic N) is 2. The van der Waals surface area contributed by atoms with E-state index >= 15 is 0 Å². The Morgan fingerprint density at radius 3 is 2.46 bits per heavy atom. The third-order valence-corrected chi connectivity index (χ3v) is 6.98. The smallest absolute Gasteiger partial charge is 0.204 e. The van der Waals surface area contributed by atoms with E-state index in [0.717, 1.165) is 48.0 Å². The zero-order chi connectivity index (χ0) is 17.7. The van der Waals surface area contributed by atoms with E-state index in [1.165, 1.54) is 19.3 Å². The molecule has 1 heterocycles. The predicted octanol–water partition coefficient (Wildman–Crippen LogP) is 3.23. The molecule has 138 valence electrons. The van der Waals surface area contributed by atoms with Crippen molar-refractivity contribution in [1.29, 1.82) is 0 Å². The summed E-state index contributed by atoms with van der Waals surface area (Å²) in [6.45, 7) is 0.876. The van der Waals surface area contributed by atoms with Gasteiger partial charge in [-0.15, -0.1) is 0 Å². The maximum atomic E-state index is 13.5. The van der Waals surface area contributed by atoms with Crippen LogP contribution in [0.2, 0.25) is 0 Å². The lowest BCUT2D eigenvalue weighted by molar-refractivity contribution is -0.144. The van der Waals surface area contributed by atoms with Crippen LogP contribution in [-0.4, -0.2) is 33.6 Å². The zero-order valence-electron chi connectivity index (χ0n) is 15.2. The second-order valence-electron chi connectivity index (χ2n) is 8.78. The van der Waals surface area contributed by atoms with Gasteiger partial charge in [-0.3, -0.25) is 4.79 Å². The van der Waals surface area contributed by atoms with E-state index in [1.807, 2.05) is 28.8 Å². The van der Waals surface area contributed by atoms with Crippen molar-refractivity contribution in [2.45, 2.75) is 45.1 Å². The van der Waals surface area contributed by atoms with E-state index < -0.39 is 0 Å². The molecular formula is C21H27N3O2. The molecule has 0 unspecified atom stereocenters. The number of rotatable bonds is 6. The molecule has 0 amide bonds. The second-order valence-corrected chi connectivity index (χ2v) is 8.78. The van der Waals surface area contributed by atoms with Gasteiger partial charge in [0.1, 0.15) is 0 Å². The highest BCUT2D eigenvalue weighted by atomic mass is 16.3. The van der Waals surface area contributed by atoms with Gasteiger partial charge in [0.15, 0.2) is 5.78 Å². The number of aromatic nitrogens is 2. The molecule has 2 aromatic rings. The first-order valence-corrected chi connectivity index (χ1v) is 10.0. The number of Topliss-reactive ketones (excluding diaryl/α,β-unsaturated/α-hetero) is 1. The van der Waals surface area contributed by atoms with Crippen LogP contribution in [-0.2, 0) is 11.3 Å². The maximum Gasteiger partial charge on any atom is 0.204 e. The van der Waals surface area contributed by atoms with Crippen LogP contribution in [0.15, 0.2) is 24.3 Å². The largest absolute Gasteiger partial charge is 0.395 e. The van der Waals surface area contributed by atoms with Crippen molar-refractivity contribution in [2.24, 2.45) is 23.2 Å². The molecule has 26 heavy (non-hydrogen) atoms.